The summed E-state index contributed by atoms with van der Waals surface area (Å²) in [6.45, 7) is 4.73. The predicted molar refractivity (Wildman–Crippen MR) is 71.3 cm³/mol. The van der Waals surface area contributed by atoms with E-state index in [0.29, 0.717) is 0 Å². The van der Waals surface area contributed by atoms with Crippen molar-refractivity contribution in [2.24, 2.45) is 0 Å². The molecule has 0 saturated heterocycles. The fourth-order valence-electron chi connectivity index (χ4n) is 1.84. The minimum absolute atomic E-state index is 0.466. The average Bonchev–Trinajstić information content (AvgIpc) is 2.34. The van der Waals surface area contributed by atoms with E-state index < -0.39 is 6.10 Å². The van der Waals surface area contributed by atoms with Crippen molar-refractivity contribution in [3.63, 3.8) is 0 Å². The topological polar surface area (TPSA) is 29.5 Å². The second kappa shape index (κ2) is 8.13. The third kappa shape index (κ3) is 5.22. The molecule has 0 spiro atoms. The molecule has 1 atom stereocenters. The first-order valence-electron chi connectivity index (χ1n) is 6.65. The third-order valence-corrected chi connectivity index (χ3v) is 2.87. The van der Waals surface area contributed by atoms with Crippen molar-refractivity contribution in [3.05, 3.63) is 29.8 Å². The number of hydrogen-bond acceptors (Lipinski definition) is 2. The first-order valence-corrected chi connectivity index (χ1v) is 6.65. The molecule has 0 fully saturated rings. The second-order valence-electron chi connectivity index (χ2n) is 4.48. The van der Waals surface area contributed by atoms with Gasteiger partial charge in [0.05, 0.1) is 12.7 Å². The summed E-state index contributed by atoms with van der Waals surface area (Å²) >= 11 is 0. The van der Waals surface area contributed by atoms with Crippen molar-refractivity contribution in [2.75, 3.05) is 6.61 Å². The number of rotatable bonds is 8. The summed E-state index contributed by atoms with van der Waals surface area (Å²) in [6.07, 6.45) is 5.72. The zero-order chi connectivity index (χ0) is 12.5. The van der Waals surface area contributed by atoms with Gasteiger partial charge in [-0.3, -0.25) is 0 Å². The largest absolute Gasteiger partial charge is 0.493 e. The predicted octanol–water partition coefficient (Wildman–Crippen LogP) is 4.09. The van der Waals surface area contributed by atoms with Crippen molar-refractivity contribution in [3.8, 4) is 5.75 Å². The van der Waals surface area contributed by atoms with Crippen molar-refractivity contribution < 1.29 is 9.84 Å². The Bertz CT molecular complexity index is 308. The molecule has 1 aromatic carbocycles. The maximum atomic E-state index is 9.60. The molecular weight excluding hydrogens is 212 g/mol. The van der Waals surface area contributed by atoms with E-state index in [4.69, 9.17) is 4.74 Å². The van der Waals surface area contributed by atoms with Gasteiger partial charge in [-0.2, -0.15) is 0 Å². The van der Waals surface area contributed by atoms with Gasteiger partial charge in [-0.25, -0.2) is 0 Å². The molecule has 2 nitrogen and oxygen atoms in total. The highest BCUT2D eigenvalue weighted by atomic mass is 16.5. The van der Waals surface area contributed by atoms with Crippen LogP contribution in [0.3, 0.4) is 0 Å². The van der Waals surface area contributed by atoms with Crippen molar-refractivity contribution in [2.45, 2.75) is 52.1 Å². The van der Waals surface area contributed by atoms with Gasteiger partial charge in [0.2, 0.25) is 0 Å². The Morgan fingerprint density at radius 1 is 1.12 bits per heavy atom. The van der Waals surface area contributed by atoms with E-state index in [1.165, 1.54) is 25.7 Å². The Morgan fingerprint density at radius 2 is 1.82 bits per heavy atom. The van der Waals surface area contributed by atoms with E-state index in [-0.39, 0.29) is 0 Å². The first kappa shape index (κ1) is 14.0. The lowest BCUT2D eigenvalue weighted by Gasteiger charge is -2.13. The second-order valence-corrected chi connectivity index (χ2v) is 4.48. The molecule has 0 bridgehead atoms. The van der Waals surface area contributed by atoms with Crippen LogP contribution in [-0.4, -0.2) is 11.7 Å². The normalized spacial score (nSPS) is 12.4. The molecule has 0 aliphatic rings. The van der Waals surface area contributed by atoms with E-state index in [1.54, 1.807) is 6.92 Å². The Labute approximate surface area is 105 Å². The Balaban J connectivity index is 2.31. The first-order chi connectivity index (χ1) is 8.25. The molecule has 17 heavy (non-hydrogen) atoms. The van der Waals surface area contributed by atoms with Crippen molar-refractivity contribution >= 4 is 0 Å². The minimum atomic E-state index is -0.466. The van der Waals surface area contributed by atoms with E-state index in [1.807, 2.05) is 24.3 Å². The number of ether oxygens (including phenoxy) is 1. The van der Waals surface area contributed by atoms with Crippen LogP contribution in [0.4, 0.5) is 0 Å². The van der Waals surface area contributed by atoms with Gasteiger partial charge in [-0.15, -0.1) is 0 Å². The Kier molecular flexibility index (Phi) is 6.71. The van der Waals surface area contributed by atoms with Crippen LogP contribution in [-0.2, 0) is 0 Å². The molecule has 96 valence electrons. The monoisotopic (exact) mass is 236 g/mol. The molecule has 0 aliphatic carbocycles. The number of aliphatic hydroxyl groups is 1. The summed E-state index contributed by atoms with van der Waals surface area (Å²) in [5, 5.41) is 9.60. The summed E-state index contributed by atoms with van der Waals surface area (Å²) in [7, 11) is 0. The van der Waals surface area contributed by atoms with Crippen molar-refractivity contribution in [1.82, 2.24) is 0 Å². The lowest BCUT2D eigenvalue weighted by molar-refractivity contribution is 0.190. The molecule has 0 heterocycles. The third-order valence-electron chi connectivity index (χ3n) is 2.87. The van der Waals surface area contributed by atoms with Gasteiger partial charge in [0, 0.05) is 5.56 Å². The van der Waals surface area contributed by atoms with Crippen molar-refractivity contribution in [1.29, 1.82) is 0 Å². The van der Waals surface area contributed by atoms with Crippen LogP contribution < -0.4 is 4.74 Å². The lowest BCUT2D eigenvalue weighted by atomic mass is 10.1. The van der Waals surface area contributed by atoms with E-state index in [2.05, 4.69) is 6.92 Å². The molecule has 0 aliphatic heterocycles. The van der Waals surface area contributed by atoms with Crippen LogP contribution in [0.1, 0.15) is 57.6 Å². The van der Waals surface area contributed by atoms with Crippen LogP contribution in [0.5, 0.6) is 5.75 Å². The molecule has 2 heteroatoms. The summed E-state index contributed by atoms with van der Waals surface area (Å²) in [4.78, 5) is 0. The van der Waals surface area contributed by atoms with E-state index in [9.17, 15) is 5.11 Å². The summed E-state index contributed by atoms with van der Waals surface area (Å²) in [5.74, 6) is 0.818. The molecule has 0 aromatic heterocycles. The number of benzene rings is 1. The molecule has 0 saturated carbocycles. The van der Waals surface area contributed by atoms with Crippen LogP contribution in [0.25, 0.3) is 0 Å². The van der Waals surface area contributed by atoms with Gasteiger partial charge in [-0.05, 0) is 19.4 Å². The maximum absolute atomic E-state index is 9.60. The molecule has 1 aromatic rings. The van der Waals surface area contributed by atoms with Gasteiger partial charge in [0.15, 0.2) is 0 Å². The van der Waals surface area contributed by atoms with Crippen LogP contribution in [0, 0.1) is 0 Å². The smallest absolute Gasteiger partial charge is 0.125 e. The zero-order valence-electron chi connectivity index (χ0n) is 11.0. The highest BCUT2D eigenvalue weighted by Crippen LogP contribution is 2.24. The number of unbranched alkanes of at least 4 members (excludes halogenated alkanes) is 4. The Hall–Kier alpha value is -1.02. The molecular formula is C15H24O2. The van der Waals surface area contributed by atoms with Crippen LogP contribution >= 0.6 is 0 Å². The van der Waals surface area contributed by atoms with Gasteiger partial charge < -0.3 is 9.84 Å². The van der Waals surface area contributed by atoms with Crippen LogP contribution in [0.15, 0.2) is 24.3 Å². The highest BCUT2D eigenvalue weighted by Gasteiger charge is 2.07. The van der Waals surface area contributed by atoms with E-state index in [0.717, 1.165) is 24.3 Å². The maximum Gasteiger partial charge on any atom is 0.125 e. The molecule has 1 rings (SSSR count). The summed E-state index contributed by atoms with van der Waals surface area (Å²) < 4.78 is 5.72. The molecule has 0 radical (unpaired) electrons. The summed E-state index contributed by atoms with van der Waals surface area (Å²) in [5.41, 5.74) is 0.876. The lowest BCUT2D eigenvalue weighted by Crippen LogP contribution is -2.02. The highest BCUT2D eigenvalue weighted by molar-refractivity contribution is 5.34. The van der Waals surface area contributed by atoms with Gasteiger partial charge in [0.1, 0.15) is 5.75 Å². The van der Waals surface area contributed by atoms with Crippen LogP contribution in [0.2, 0.25) is 0 Å². The number of para-hydroxylation sites is 1. The molecule has 1 unspecified atom stereocenters. The fraction of sp³-hybridized carbons (Fsp3) is 0.600. The quantitative estimate of drug-likeness (QED) is 0.689. The average molecular weight is 236 g/mol. The SMILES string of the molecule is CCCCCCCOc1ccccc1C(C)O. The van der Waals surface area contributed by atoms with Gasteiger partial charge in [-0.1, -0.05) is 50.8 Å². The fourth-order valence-corrected chi connectivity index (χ4v) is 1.84. The summed E-state index contributed by atoms with van der Waals surface area (Å²) in [6, 6.07) is 7.71. The minimum Gasteiger partial charge on any atom is -0.493 e. The standard InChI is InChI=1S/C15H24O2/c1-3-4-5-6-9-12-17-15-11-8-7-10-14(15)13(2)16/h7-8,10-11,13,16H,3-6,9,12H2,1-2H3. The molecule has 1 N–H and O–H groups in total. The van der Waals surface area contributed by atoms with Gasteiger partial charge in [0.25, 0.3) is 0 Å². The zero-order valence-corrected chi connectivity index (χ0v) is 11.0. The molecule has 0 amide bonds. The number of hydrogen-bond donors (Lipinski definition) is 1. The number of aliphatic hydroxyl groups excluding tert-OH is 1. The Morgan fingerprint density at radius 3 is 2.53 bits per heavy atom. The van der Waals surface area contributed by atoms with Gasteiger partial charge >= 0.3 is 0 Å². The van der Waals surface area contributed by atoms with E-state index >= 15 is 0 Å².